The molecule has 0 saturated heterocycles. The normalized spacial score (nSPS) is 12.1. The molecule has 2 nitrogen and oxygen atoms in total. The maximum atomic E-state index is 10.5. The van der Waals surface area contributed by atoms with Gasteiger partial charge in [-0.15, -0.1) is 0 Å². The van der Waals surface area contributed by atoms with Crippen molar-refractivity contribution in [3.63, 3.8) is 0 Å². The van der Waals surface area contributed by atoms with Crippen molar-refractivity contribution in [3.05, 3.63) is 29.8 Å². The van der Waals surface area contributed by atoms with Gasteiger partial charge in [0.05, 0.1) is 6.61 Å². The van der Waals surface area contributed by atoms with E-state index in [1.54, 1.807) is 0 Å². The van der Waals surface area contributed by atoms with Crippen LogP contribution < -0.4 is 4.74 Å². The van der Waals surface area contributed by atoms with Crippen molar-refractivity contribution in [2.24, 2.45) is 5.92 Å². The minimum Gasteiger partial charge on any atom is -0.494 e. The van der Waals surface area contributed by atoms with Crippen LogP contribution in [0.15, 0.2) is 24.3 Å². The van der Waals surface area contributed by atoms with Crippen LogP contribution in [0.3, 0.4) is 0 Å². The number of benzene rings is 1. The van der Waals surface area contributed by atoms with Gasteiger partial charge < -0.3 is 9.53 Å². The molecule has 88 valence electrons. The summed E-state index contributed by atoms with van der Waals surface area (Å²) >= 11 is 0. The number of ether oxygens (including phenoxy) is 1. The van der Waals surface area contributed by atoms with Crippen LogP contribution in [0, 0.1) is 5.92 Å². The molecule has 0 saturated carbocycles. The van der Waals surface area contributed by atoms with E-state index in [2.05, 4.69) is 6.92 Å². The second kappa shape index (κ2) is 7.04. The fourth-order valence-electron chi connectivity index (χ4n) is 1.48. The Kier molecular flexibility index (Phi) is 5.62. The van der Waals surface area contributed by atoms with Crippen molar-refractivity contribution in [2.45, 2.75) is 33.1 Å². The van der Waals surface area contributed by atoms with E-state index in [0.717, 1.165) is 37.9 Å². The Labute approximate surface area is 97.6 Å². The van der Waals surface area contributed by atoms with Crippen LogP contribution in [0.25, 0.3) is 0 Å². The van der Waals surface area contributed by atoms with E-state index >= 15 is 0 Å². The van der Waals surface area contributed by atoms with E-state index in [1.165, 1.54) is 5.56 Å². The average molecular weight is 220 g/mol. The zero-order valence-corrected chi connectivity index (χ0v) is 10.1. The SMILES string of the molecule is CCCCOc1ccc(CC(C)C=O)cc1. The summed E-state index contributed by atoms with van der Waals surface area (Å²) in [6.07, 6.45) is 4.03. The smallest absolute Gasteiger partial charge is 0.123 e. The molecule has 1 aromatic carbocycles. The van der Waals surface area contributed by atoms with E-state index < -0.39 is 0 Å². The predicted octanol–water partition coefficient (Wildman–Crippen LogP) is 3.24. The standard InChI is InChI=1S/C14H20O2/c1-3-4-9-16-14-7-5-13(6-8-14)10-12(2)11-15/h5-8,11-12H,3-4,9-10H2,1-2H3. The largest absolute Gasteiger partial charge is 0.494 e. The fraction of sp³-hybridized carbons (Fsp3) is 0.500. The molecule has 2 heteroatoms. The monoisotopic (exact) mass is 220 g/mol. The van der Waals surface area contributed by atoms with Gasteiger partial charge in [0.25, 0.3) is 0 Å². The quantitative estimate of drug-likeness (QED) is 0.521. The van der Waals surface area contributed by atoms with Gasteiger partial charge in [-0.2, -0.15) is 0 Å². The zero-order chi connectivity index (χ0) is 11.8. The number of hydrogen-bond donors (Lipinski definition) is 0. The molecule has 16 heavy (non-hydrogen) atoms. The summed E-state index contributed by atoms with van der Waals surface area (Å²) < 4.78 is 5.56. The zero-order valence-electron chi connectivity index (χ0n) is 10.1. The van der Waals surface area contributed by atoms with Crippen molar-refractivity contribution < 1.29 is 9.53 Å². The van der Waals surface area contributed by atoms with Crippen molar-refractivity contribution in [1.29, 1.82) is 0 Å². The van der Waals surface area contributed by atoms with Crippen LogP contribution in [0.1, 0.15) is 32.3 Å². The molecule has 0 spiro atoms. The lowest BCUT2D eigenvalue weighted by Crippen LogP contribution is -2.01. The first kappa shape index (κ1) is 12.8. The van der Waals surface area contributed by atoms with Gasteiger partial charge in [0.1, 0.15) is 12.0 Å². The number of carbonyl (C=O) groups excluding carboxylic acids is 1. The summed E-state index contributed by atoms with van der Waals surface area (Å²) in [5.41, 5.74) is 1.18. The molecule has 1 atom stereocenters. The van der Waals surface area contributed by atoms with Crippen LogP contribution in [0.5, 0.6) is 5.75 Å². The number of aldehydes is 1. The second-order valence-corrected chi connectivity index (χ2v) is 4.16. The molecule has 0 fully saturated rings. The van der Waals surface area contributed by atoms with Crippen molar-refractivity contribution in [3.8, 4) is 5.75 Å². The maximum Gasteiger partial charge on any atom is 0.123 e. The first-order chi connectivity index (χ1) is 7.76. The van der Waals surface area contributed by atoms with E-state index in [9.17, 15) is 4.79 Å². The topological polar surface area (TPSA) is 26.3 Å². The third kappa shape index (κ3) is 4.47. The lowest BCUT2D eigenvalue weighted by Gasteiger charge is -2.07. The Morgan fingerprint density at radius 2 is 2.00 bits per heavy atom. The molecule has 0 aliphatic rings. The molecule has 0 radical (unpaired) electrons. The molecule has 1 unspecified atom stereocenters. The lowest BCUT2D eigenvalue weighted by molar-refractivity contribution is -0.110. The Balaban J connectivity index is 2.44. The average Bonchev–Trinajstić information content (AvgIpc) is 2.31. The molecule has 1 rings (SSSR count). The summed E-state index contributed by atoms with van der Waals surface area (Å²) in [6.45, 7) is 4.85. The number of unbranched alkanes of at least 4 members (excludes halogenated alkanes) is 1. The highest BCUT2D eigenvalue weighted by atomic mass is 16.5. The van der Waals surface area contributed by atoms with Crippen molar-refractivity contribution in [2.75, 3.05) is 6.61 Å². The van der Waals surface area contributed by atoms with Crippen LogP contribution in [0.2, 0.25) is 0 Å². The van der Waals surface area contributed by atoms with E-state index in [4.69, 9.17) is 4.74 Å². The first-order valence-corrected chi connectivity index (χ1v) is 5.93. The predicted molar refractivity (Wildman–Crippen MR) is 65.8 cm³/mol. The van der Waals surface area contributed by atoms with E-state index in [0.29, 0.717) is 0 Å². The Hall–Kier alpha value is -1.31. The van der Waals surface area contributed by atoms with Gasteiger partial charge in [-0.3, -0.25) is 0 Å². The fourth-order valence-corrected chi connectivity index (χ4v) is 1.48. The highest BCUT2D eigenvalue weighted by molar-refractivity contribution is 5.53. The van der Waals surface area contributed by atoms with Crippen molar-refractivity contribution in [1.82, 2.24) is 0 Å². The Morgan fingerprint density at radius 1 is 1.31 bits per heavy atom. The van der Waals surface area contributed by atoms with Crippen molar-refractivity contribution >= 4 is 6.29 Å². The minimum absolute atomic E-state index is 0.0897. The van der Waals surface area contributed by atoms with Crippen LogP contribution in [-0.4, -0.2) is 12.9 Å². The van der Waals surface area contributed by atoms with Gasteiger partial charge in [0.15, 0.2) is 0 Å². The van der Waals surface area contributed by atoms with E-state index in [1.807, 2.05) is 31.2 Å². The second-order valence-electron chi connectivity index (χ2n) is 4.16. The van der Waals surface area contributed by atoms with Crippen LogP contribution in [-0.2, 0) is 11.2 Å². The van der Waals surface area contributed by atoms with Gasteiger partial charge in [0.2, 0.25) is 0 Å². The molecule has 0 amide bonds. The molecule has 0 N–H and O–H groups in total. The van der Waals surface area contributed by atoms with Gasteiger partial charge >= 0.3 is 0 Å². The molecule has 0 heterocycles. The van der Waals surface area contributed by atoms with Gasteiger partial charge in [-0.05, 0) is 30.5 Å². The van der Waals surface area contributed by atoms with Crippen LogP contribution >= 0.6 is 0 Å². The Bertz CT molecular complexity index is 303. The molecular weight excluding hydrogens is 200 g/mol. The number of carbonyl (C=O) groups is 1. The summed E-state index contributed by atoms with van der Waals surface area (Å²) in [4.78, 5) is 10.5. The molecule has 1 aromatic rings. The number of hydrogen-bond acceptors (Lipinski definition) is 2. The first-order valence-electron chi connectivity index (χ1n) is 5.93. The summed E-state index contributed by atoms with van der Waals surface area (Å²) in [7, 11) is 0. The van der Waals surface area contributed by atoms with E-state index in [-0.39, 0.29) is 5.92 Å². The maximum absolute atomic E-state index is 10.5. The highest BCUT2D eigenvalue weighted by Gasteiger charge is 2.01. The Morgan fingerprint density at radius 3 is 2.56 bits per heavy atom. The summed E-state index contributed by atoms with van der Waals surface area (Å²) in [6, 6.07) is 8.01. The third-order valence-corrected chi connectivity index (χ3v) is 2.48. The molecule has 0 aliphatic carbocycles. The molecule has 0 aromatic heterocycles. The lowest BCUT2D eigenvalue weighted by atomic mass is 10.0. The molecule has 0 bridgehead atoms. The molecule has 0 aliphatic heterocycles. The summed E-state index contributed by atoms with van der Waals surface area (Å²) in [5.74, 6) is 1.00. The van der Waals surface area contributed by atoms with Gasteiger partial charge in [-0.1, -0.05) is 32.4 Å². The highest BCUT2D eigenvalue weighted by Crippen LogP contribution is 2.14. The van der Waals surface area contributed by atoms with Gasteiger partial charge in [0, 0.05) is 5.92 Å². The molecular formula is C14H20O2. The van der Waals surface area contributed by atoms with Crippen LogP contribution in [0.4, 0.5) is 0 Å². The summed E-state index contributed by atoms with van der Waals surface area (Å²) in [5, 5.41) is 0. The third-order valence-electron chi connectivity index (χ3n) is 2.48. The number of rotatable bonds is 7. The van der Waals surface area contributed by atoms with Gasteiger partial charge in [-0.25, -0.2) is 0 Å². The minimum atomic E-state index is 0.0897.